The van der Waals surface area contributed by atoms with Crippen LogP contribution in [0.3, 0.4) is 0 Å². The zero-order valence-electron chi connectivity index (χ0n) is 13.0. The summed E-state index contributed by atoms with van der Waals surface area (Å²) in [5, 5.41) is 22.0. The fourth-order valence-electron chi connectivity index (χ4n) is 3.09. The second-order valence-electron chi connectivity index (χ2n) is 5.96. The molecule has 1 unspecified atom stereocenters. The van der Waals surface area contributed by atoms with Gasteiger partial charge in [0.15, 0.2) is 0 Å². The van der Waals surface area contributed by atoms with Crippen molar-refractivity contribution in [2.75, 3.05) is 0 Å². The Labute approximate surface area is 147 Å². The average molecular weight is 366 g/mol. The van der Waals surface area contributed by atoms with E-state index in [1.54, 1.807) is 18.2 Å². The molecule has 1 aromatic rings. The fourth-order valence-corrected chi connectivity index (χ4v) is 3.37. The summed E-state index contributed by atoms with van der Waals surface area (Å²) in [6.45, 7) is 0. The minimum absolute atomic E-state index is 0.0986. The van der Waals surface area contributed by atoms with E-state index in [1.807, 2.05) is 0 Å². The molecule has 2 aliphatic heterocycles. The number of carbonyl (C=O) groups is 3. The lowest BCUT2D eigenvalue weighted by Gasteiger charge is -2.49. The van der Waals surface area contributed by atoms with Gasteiger partial charge >= 0.3 is 5.97 Å². The quantitative estimate of drug-likeness (QED) is 0.432. The van der Waals surface area contributed by atoms with Crippen LogP contribution >= 0.6 is 11.6 Å². The van der Waals surface area contributed by atoms with Crippen LogP contribution in [0.4, 0.5) is 0 Å². The molecule has 0 saturated carbocycles. The van der Waals surface area contributed by atoms with Gasteiger partial charge in [-0.3, -0.25) is 20.2 Å². The maximum absolute atomic E-state index is 12.4. The smallest absolute Gasteiger partial charge is 0.353 e. The summed E-state index contributed by atoms with van der Waals surface area (Å²) in [6.07, 6.45) is 0.691. The van der Waals surface area contributed by atoms with Crippen molar-refractivity contribution in [1.29, 1.82) is 0 Å². The predicted octanol–water partition coefficient (Wildman–Crippen LogP) is -0.185. The number of benzene rings is 1. The maximum atomic E-state index is 12.4. The number of aliphatic carboxylic acids is 1. The van der Waals surface area contributed by atoms with Gasteiger partial charge in [0.25, 0.3) is 11.8 Å². The summed E-state index contributed by atoms with van der Waals surface area (Å²) in [4.78, 5) is 37.0. The number of fused-ring (bicyclic) bond motifs is 1. The summed E-state index contributed by atoms with van der Waals surface area (Å²) in [5.41, 5.74) is 3.32. The van der Waals surface area contributed by atoms with Crippen LogP contribution in [0.1, 0.15) is 18.4 Å². The molecule has 8 nitrogen and oxygen atoms in total. The van der Waals surface area contributed by atoms with Crippen molar-refractivity contribution in [3.63, 3.8) is 0 Å². The number of hydrogen-bond acceptors (Lipinski definition) is 5. The third-order valence-electron chi connectivity index (χ3n) is 4.43. The van der Waals surface area contributed by atoms with E-state index in [1.165, 1.54) is 12.1 Å². The minimum atomic E-state index is -2.31. The molecule has 0 bridgehead atoms. The first-order valence-corrected chi connectivity index (χ1v) is 7.95. The summed E-state index contributed by atoms with van der Waals surface area (Å²) in [6, 6.07) is 6.42. The van der Waals surface area contributed by atoms with Crippen LogP contribution in [0.2, 0.25) is 0 Å². The third kappa shape index (κ3) is 2.78. The number of halogens is 1. The number of nitrogens with two attached hydrogens (primary N) is 1. The fraction of sp³-hybridized carbons (Fsp3) is 0.312. The molecular weight excluding hydrogens is 350 g/mol. The zero-order valence-corrected chi connectivity index (χ0v) is 13.7. The van der Waals surface area contributed by atoms with Crippen LogP contribution in [0.25, 0.3) is 0 Å². The van der Waals surface area contributed by atoms with Gasteiger partial charge in [0.1, 0.15) is 11.7 Å². The van der Waals surface area contributed by atoms with E-state index in [0.29, 0.717) is 6.42 Å². The van der Waals surface area contributed by atoms with Crippen molar-refractivity contribution in [2.24, 2.45) is 5.73 Å². The zero-order chi connectivity index (χ0) is 18.4. The van der Waals surface area contributed by atoms with Gasteiger partial charge in [-0.1, -0.05) is 41.9 Å². The van der Waals surface area contributed by atoms with Crippen molar-refractivity contribution in [1.82, 2.24) is 10.2 Å². The molecule has 2 heterocycles. The summed E-state index contributed by atoms with van der Waals surface area (Å²) in [7, 11) is 0. The molecule has 2 amide bonds. The van der Waals surface area contributed by atoms with E-state index < -0.39 is 35.6 Å². The first-order valence-electron chi connectivity index (χ1n) is 7.58. The highest BCUT2D eigenvalue weighted by atomic mass is 35.5. The molecule has 25 heavy (non-hydrogen) atoms. The van der Waals surface area contributed by atoms with Gasteiger partial charge in [-0.05, 0) is 12.8 Å². The molecule has 132 valence electrons. The molecule has 0 radical (unpaired) electrons. The number of carboxylic acids is 1. The van der Waals surface area contributed by atoms with Gasteiger partial charge in [-0.2, -0.15) is 0 Å². The van der Waals surface area contributed by atoms with Crippen LogP contribution < -0.4 is 11.1 Å². The summed E-state index contributed by atoms with van der Waals surface area (Å²) >= 11 is 5.90. The number of rotatable bonds is 4. The van der Waals surface area contributed by atoms with Gasteiger partial charge in [0.2, 0.25) is 5.72 Å². The number of amides is 2. The van der Waals surface area contributed by atoms with Crippen LogP contribution in [-0.4, -0.2) is 45.0 Å². The van der Waals surface area contributed by atoms with Gasteiger partial charge < -0.3 is 15.5 Å². The first kappa shape index (κ1) is 17.4. The molecule has 1 fully saturated rings. The molecule has 3 atom stereocenters. The van der Waals surface area contributed by atoms with E-state index in [0.717, 1.165) is 4.90 Å². The highest BCUT2D eigenvalue weighted by Gasteiger charge is 2.54. The highest BCUT2D eigenvalue weighted by molar-refractivity contribution is 6.32. The summed E-state index contributed by atoms with van der Waals surface area (Å²) < 4.78 is 0. The normalized spacial score (nSPS) is 24.9. The lowest BCUT2D eigenvalue weighted by atomic mass is 9.86. The Morgan fingerprint density at radius 3 is 2.56 bits per heavy atom. The topological polar surface area (TPSA) is 133 Å². The second-order valence-corrected chi connectivity index (χ2v) is 6.41. The summed E-state index contributed by atoms with van der Waals surface area (Å²) in [5.74, 6) is -2.83. The number of aliphatic hydroxyl groups is 1. The molecule has 0 spiro atoms. The van der Waals surface area contributed by atoms with Gasteiger partial charge in [-0.25, -0.2) is 4.79 Å². The van der Waals surface area contributed by atoms with Crippen molar-refractivity contribution < 1.29 is 24.6 Å². The predicted molar refractivity (Wildman–Crippen MR) is 86.8 cm³/mol. The lowest BCUT2D eigenvalue weighted by Crippen LogP contribution is -2.73. The third-order valence-corrected chi connectivity index (χ3v) is 4.79. The van der Waals surface area contributed by atoms with Gasteiger partial charge in [0, 0.05) is 10.6 Å². The molecule has 1 aromatic carbocycles. The van der Waals surface area contributed by atoms with Crippen LogP contribution in [-0.2, 0) is 20.1 Å². The van der Waals surface area contributed by atoms with Crippen molar-refractivity contribution >= 4 is 29.4 Å². The molecule has 2 aliphatic rings. The van der Waals surface area contributed by atoms with Crippen LogP contribution in [0.5, 0.6) is 0 Å². The number of allylic oxidation sites excluding steroid dienone is 1. The number of carbonyl (C=O) groups excluding carboxylic acids is 2. The molecular formula is C16H16ClN3O5. The Kier molecular flexibility index (Phi) is 4.28. The molecule has 0 aliphatic carbocycles. The largest absolute Gasteiger partial charge is 0.477 e. The Balaban J connectivity index is 1.77. The van der Waals surface area contributed by atoms with Gasteiger partial charge in [-0.15, -0.1) is 0 Å². The number of β-lactam (4-membered cyclic amide) rings is 1. The molecule has 5 N–H and O–H groups in total. The molecule has 3 rings (SSSR count). The van der Waals surface area contributed by atoms with Crippen LogP contribution in [0, 0.1) is 0 Å². The number of nitrogens with one attached hydrogen (secondary N) is 1. The van der Waals surface area contributed by atoms with Crippen molar-refractivity contribution in [2.45, 2.75) is 30.7 Å². The Morgan fingerprint density at radius 2 is 1.96 bits per heavy atom. The SMILES string of the molecule is NC(O)(C(=O)N[C@@H]1C(=O)N2C(C(=O)O)=C(Cl)CC[C@H]12)c1ccccc1. The Hall–Kier alpha value is -2.42. The van der Waals surface area contributed by atoms with E-state index in [-0.39, 0.29) is 22.7 Å². The van der Waals surface area contributed by atoms with E-state index >= 15 is 0 Å². The molecule has 1 saturated heterocycles. The lowest BCUT2D eigenvalue weighted by molar-refractivity contribution is -0.159. The van der Waals surface area contributed by atoms with Crippen molar-refractivity contribution in [3.05, 3.63) is 46.6 Å². The monoisotopic (exact) mass is 365 g/mol. The number of carboxylic acid groups (broad SMARTS) is 1. The number of hydrogen-bond donors (Lipinski definition) is 4. The molecule has 9 heteroatoms. The maximum Gasteiger partial charge on any atom is 0.353 e. The number of nitrogens with zero attached hydrogens (tertiary/aromatic N) is 1. The van der Waals surface area contributed by atoms with E-state index in [2.05, 4.69) is 5.32 Å². The Morgan fingerprint density at radius 1 is 1.32 bits per heavy atom. The second kappa shape index (κ2) is 6.14. The van der Waals surface area contributed by atoms with Gasteiger partial charge in [0.05, 0.1) is 6.04 Å². The minimum Gasteiger partial charge on any atom is -0.477 e. The standard InChI is InChI=1S/C16H16ClN3O5/c17-9-6-7-10-11(13(21)20(10)12(9)14(22)23)19-15(24)16(18,25)8-4-2-1-3-5-8/h1-5,10-11,25H,6-7,18H2,(H,19,24)(H,22,23)/t10-,11+,16?/m1/s1. The average Bonchev–Trinajstić information content (AvgIpc) is 2.59. The van der Waals surface area contributed by atoms with E-state index in [4.69, 9.17) is 17.3 Å². The van der Waals surface area contributed by atoms with Crippen LogP contribution in [0.15, 0.2) is 41.1 Å². The van der Waals surface area contributed by atoms with E-state index in [9.17, 15) is 24.6 Å². The Bertz CT molecular complexity index is 777. The molecule has 0 aromatic heterocycles. The first-order chi connectivity index (χ1) is 11.7. The highest BCUT2D eigenvalue weighted by Crippen LogP contribution is 2.38. The van der Waals surface area contributed by atoms with Crippen molar-refractivity contribution in [3.8, 4) is 0 Å².